The summed E-state index contributed by atoms with van der Waals surface area (Å²) in [4.78, 5) is 5.22. The Balaban J connectivity index is 2.08. The molecular weight excluding hydrogens is 222 g/mol. The summed E-state index contributed by atoms with van der Waals surface area (Å²) < 4.78 is 0. The van der Waals surface area contributed by atoms with E-state index in [1.54, 1.807) is 0 Å². The maximum absolute atomic E-state index is 6.18. The van der Waals surface area contributed by atoms with Gasteiger partial charge in [0.2, 0.25) is 0 Å². The standard InChI is InChI=1S/C15H31N3/c1-12-5-7-15(11-16,8-6-12)18-9-13(2)17(4)14(3)10-18/h12-14H,5-11,16H2,1-4H3. The molecule has 0 radical (unpaired) electrons. The van der Waals surface area contributed by atoms with E-state index >= 15 is 0 Å². The molecule has 18 heavy (non-hydrogen) atoms. The van der Waals surface area contributed by atoms with Gasteiger partial charge in [0.05, 0.1) is 0 Å². The Kier molecular flexibility index (Phi) is 4.35. The number of nitrogens with zero attached hydrogens (tertiary/aromatic N) is 2. The van der Waals surface area contributed by atoms with Crippen molar-refractivity contribution in [3.05, 3.63) is 0 Å². The lowest BCUT2D eigenvalue weighted by Crippen LogP contribution is -2.65. The predicted octanol–water partition coefficient (Wildman–Crippen LogP) is 1.92. The molecule has 0 bridgehead atoms. The highest BCUT2D eigenvalue weighted by atomic mass is 15.3. The van der Waals surface area contributed by atoms with E-state index in [9.17, 15) is 0 Å². The average molecular weight is 253 g/mol. The normalized spacial score (nSPS) is 44.2. The lowest BCUT2D eigenvalue weighted by atomic mass is 9.75. The summed E-state index contributed by atoms with van der Waals surface area (Å²) in [7, 11) is 2.25. The van der Waals surface area contributed by atoms with Crippen LogP contribution in [-0.2, 0) is 0 Å². The highest BCUT2D eigenvalue weighted by Crippen LogP contribution is 2.37. The van der Waals surface area contributed by atoms with Crippen molar-refractivity contribution in [3.8, 4) is 0 Å². The second-order valence-electron chi connectivity index (χ2n) is 6.88. The first-order valence-corrected chi connectivity index (χ1v) is 7.65. The molecule has 0 aromatic carbocycles. The number of hydrogen-bond acceptors (Lipinski definition) is 3. The Morgan fingerprint density at radius 1 is 1.06 bits per heavy atom. The van der Waals surface area contributed by atoms with Crippen molar-refractivity contribution in [1.82, 2.24) is 9.80 Å². The first-order valence-electron chi connectivity index (χ1n) is 7.65. The van der Waals surface area contributed by atoms with Crippen molar-refractivity contribution < 1.29 is 0 Å². The van der Waals surface area contributed by atoms with Gasteiger partial charge in [-0.15, -0.1) is 0 Å². The van der Waals surface area contributed by atoms with Crippen molar-refractivity contribution in [2.75, 3.05) is 26.7 Å². The minimum atomic E-state index is 0.302. The Bertz CT molecular complexity index is 259. The number of hydrogen-bond donors (Lipinski definition) is 1. The van der Waals surface area contributed by atoms with E-state index in [1.165, 1.54) is 38.8 Å². The molecule has 2 atom stereocenters. The van der Waals surface area contributed by atoms with Crippen molar-refractivity contribution in [2.45, 2.75) is 64.1 Å². The second kappa shape index (κ2) is 5.48. The van der Waals surface area contributed by atoms with Gasteiger partial charge in [0.1, 0.15) is 0 Å². The van der Waals surface area contributed by atoms with Crippen molar-refractivity contribution in [2.24, 2.45) is 11.7 Å². The minimum Gasteiger partial charge on any atom is -0.329 e. The zero-order valence-corrected chi connectivity index (χ0v) is 12.7. The molecule has 0 spiro atoms. The van der Waals surface area contributed by atoms with Crippen LogP contribution in [0, 0.1) is 5.92 Å². The van der Waals surface area contributed by atoms with Crippen LogP contribution in [0.3, 0.4) is 0 Å². The van der Waals surface area contributed by atoms with Crippen LogP contribution in [0.4, 0.5) is 0 Å². The molecule has 3 heteroatoms. The largest absolute Gasteiger partial charge is 0.329 e. The molecular formula is C15H31N3. The molecule has 0 aromatic rings. The smallest absolute Gasteiger partial charge is 0.0333 e. The van der Waals surface area contributed by atoms with Crippen molar-refractivity contribution >= 4 is 0 Å². The molecule has 1 aliphatic carbocycles. The maximum Gasteiger partial charge on any atom is 0.0333 e. The van der Waals surface area contributed by atoms with Crippen LogP contribution in [-0.4, -0.2) is 54.1 Å². The number of rotatable bonds is 2. The number of piperazine rings is 1. The molecule has 1 saturated carbocycles. The van der Waals surface area contributed by atoms with E-state index < -0.39 is 0 Å². The molecule has 0 aromatic heterocycles. The van der Waals surface area contributed by atoms with Gasteiger partial charge in [-0.2, -0.15) is 0 Å². The summed E-state index contributed by atoms with van der Waals surface area (Å²) >= 11 is 0. The average Bonchev–Trinajstić information content (AvgIpc) is 2.37. The highest BCUT2D eigenvalue weighted by Gasteiger charge is 2.42. The van der Waals surface area contributed by atoms with Crippen LogP contribution >= 0.6 is 0 Å². The maximum atomic E-state index is 6.18. The Hall–Kier alpha value is -0.120. The SMILES string of the molecule is CC1CCC(CN)(N2CC(C)N(C)C(C)C2)CC1. The van der Waals surface area contributed by atoms with Crippen LogP contribution in [0.1, 0.15) is 46.5 Å². The summed E-state index contributed by atoms with van der Waals surface area (Å²) in [6.45, 7) is 10.3. The van der Waals surface area contributed by atoms with Crippen LogP contribution < -0.4 is 5.73 Å². The van der Waals surface area contributed by atoms with Gasteiger partial charge >= 0.3 is 0 Å². The fraction of sp³-hybridized carbons (Fsp3) is 1.00. The third-order valence-electron chi connectivity index (χ3n) is 5.62. The molecule has 106 valence electrons. The second-order valence-corrected chi connectivity index (χ2v) is 6.88. The lowest BCUT2D eigenvalue weighted by Gasteiger charge is -2.53. The zero-order chi connectivity index (χ0) is 13.3. The zero-order valence-electron chi connectivity index (χ0n) is 12.7. The topological polar surface area (TPSA) is 32.5 Å². The Morgan fingerprint density at radius 3 is 2.00 bits per heavy atom. The van der Waals surface area contributed by atoms with Gasteiger partial charge in [-0.05, 0) is 52.5 Å². The molecule has 3 nitrogen and oxygen atoms in total. The van der Waals surface area contributed by atoms with Gasteiger partial charge in [-0.25, -0.2) is 0 Å². The van der Waals surface area contributed by atoms with Gasteiger partial charge in [0.25, 0.3) is 0 Å². The molecule has 1 saturated heterocycles. The summed E-state index contributed by atoms with van der Waals surface area (Å²) in [5.74, 6) is 0.895. The van der Waals surface area contributed by atoms with Crippen LogP contribution in [0.25, 0.3) is 0 Å². The van der Waals surface area contributed by atoms with Gasteiger partial charge in [0, 0.05) is 37.3 Å². The van der Waals surface area contributed by atoms with Gasteiger partial charge in [0.15, 0.2) is 0 Å². The van der Waals surface area contributed by atoms with Gasteiger partial charge < -0.3 is 5.73 Å². The highest BCUT2D eigenvalue weighted by molar-refractivity contribution is 4.99. The van der Waals surface area contributed by atoms with E-state index in [1.807, 2.05) is 0 Å². The van der Waals surface area contributed by atoms with Gasteiger partial charge in [-0.3, -0.25) is 9.80 Å². The Morgan fingerprint density at radius 2 is 1.56 bits per heavy atom. The van der Waals surface area contributed by atoms with Gasteiger partial charge in [-0.1, -0.05) is 6.92 Å². The van der Waals surface area contributed by atoms with Crippen molar-refractivity contribution in [3.63, 3.8) is 0 Å². The van der Waals surface area contributed by atoms with E-state index in [0.29, 0.717) is 17.6 Å². The first-order chi connectivity index (χ1) is 8.48. The first kappa shape index (κ1) is 14.3. The van der Waals surface area contributed by atoms with E-state index in [-0.39, 0.29) is 0 Å². The van der Waals surface area contributed by atoms with Crippen LogP contribution in [0.2, 0.25) is 0 Å². The van der Waals surface area contributed by atoms with E-state index in [4.69, 9.17) is 5.73 Å². The Labute approximate surface area is 113 Å². The minimum absolute atomic E-state index is 0.302. The molecule has 1 heterocycles. The third-order valence-corrected chi connectivity index (χ3v) is 5.62. The summed E-state index contributed by atoms with van der Waals surface area (Å²) in [6.07, 6.45) is 5.31. The molecule has 0 amide bonds. The number of nitrogens with two attached hydrogens (primary N) is 1. The van der Waals surface area contributed by atoms with E-state index in [2.05, 4.69) is 37.6 Å². The molecule has 2 fully saturated rings. The van der Waals surface area contributed by atoms with Crippen LogP contribution in [0.5, 0.6) is 0 Å². The molecule has 2 N–H and O–H groups in total. The lowest BCUT2D eigenvalue weighted by molar-refractivity contribution is -0.0311. The van der Waals surface area contributed by atoms with E-state index in [0.717, 1.165) is 12.5 Å². The fourth-order valence-electron chi connectivity index (χ4n) is 3.74. The molecule has 2 aliphatic rings. The summed E-state index contributed by atoms with van der Waals surface area (Å²) in [6, 6.07) is 1.30. The third kappa shape index (κ3) is 2.59. The predicted molar refractivity (Wildman–Crippen MR) is 77.7 cm³/mol. The quantitative estimate of drug-likeness (QED) is 0.816. The molecule has 1 aliphatic heterocycles. The molecule has 2 rings (SSSR count). The monoisotopic (exact) mass is 253 g/mol. The number of likely N-dealkylation sites (N-methyl/N-ethyl adjacent to an activating group) is 1. The summed E-state index contributed by atoms with van der Waals surface area (Å²) in [5.41, 5.74) is 6.49. The fourth-order valence-corrected chi connectivity index (χ4v) is 3.74. The van der Waals surface area contributed by atoms with Crippen LogP contribution in [0.15, 0.2) is 0 Å². The molecule has 2 unspecified atom stereocenters. The van der Waals surface area contributed by atoms with Crippen molar-refractivity contribution in [1.29, 1.82) is 0 Å². The summed E-state index contributed by atoms with van der Waals surface area (Å²) in [5, 5.41) is 0.